The lowest BCUT2D eigenvalue weighted by Crippen LogP contribution is -2.35. The Kier molecular flexibility index (Phi) is 7.64. The number of benzene rings is 2. The van der Waals surface area contributed by atoms with Crippen molar-refractivity contribution in [2.75, 3.05) is 39.1 Å². The van der Waals surface area contributed by atoms with E-state index in [-0.39, 0.29) is 5.91 Å². The predicted octanol–water partition coefficient (Wildman–Crippen LogP) is 5.58. The number of carbonyl (C=O) groups is 1. The standard InChI is InChI=1S/C24H24F3N3O2.C4H9N/c1-14-4-6-17(32-3)12-19(14)22(31)30-23(8-9-23)20-10-16(28-13-24(25,26)27)11-21-18(20)7-5-15(2)29-21;1-5-3-2-4-5/h4-7,10-12,28H,8-9,13H2,1-3H3,(H,30,31);2-4H2,1H3. The third kappa shape index (κ3) is 6.52. The summed E-state index contributed by atoms with van der Waals surface area (Å²) < 4.78 is 43.6. The van der Waals surface area contributed by atoms with Gasteiger partial charge >= 0.3 is 6.18 Å². The summed E-state index contributed by atoms with van der Waals surface area (Å²) in [5.41, 5.74) is 3.09. The monoisotopic (exact) mass is 514 g/mol. The van der Waals surface area contributed by atoms with Crippen LogP contribution < -0.4 is 15.4 Å². The quantitative estimate of drug-likeness (QED) is 0.450. The molecule has 0 bridgehead atoms. The molecule has 2 aromatic carbocycles. The Labute approximate surface area is 215 Å². The van der Waals surface area contributed by atoms with Gasteiger partial charge in [-0.2, -0.15) is 13.2 Å². The molecule has 0 spiro atoms. The van der Waals surface area contributed by atoms with Crippen LogP contribution in [0.15, 0.2) is 42.5 Å². The second-order valence-corrected chi connectivity index (χ2v) is 9.89. The third-order valence-corrected chi connectivity index (χ3v) is 6.83. The van der Waals surface area contributed by atoms with E-state index in [0.29, 0.717) is 35.4 Å². The number of anilines is 1. The molecule has 2 heterocycles. The molecule has 1 aliphatic heterocycles. The Bertz CT molecular complexity index is 1280. The second kappa shape index (κ2) is 10.6. The summed E-state index contributed by atoms with van der Waals surface area (Å²) in [6, 6.07) is 12.4. The van der Waals surface area contributed by atoms with Gasteiger partial charge in [-0.25, -0.2) is 0 Å². The van der Waals surface area contributed by atoms with E-state index in [1.807, 2.05) is 32.0 Å². The Morgan fingerprint density at radius 3 is 2.38 bits per heavy atom. The van der Waals surface area contributed by atoms with Crippen molar-refractivity contribution in [3.05, 3.63) is 64.8 Å². The van der Waals surface area contributed by atoms with Crippen LogP contribution in [0.2, 0.25) is 0 Å². The molecular formula is C28H33F3N4O2. The molecular weight excluding hydrogens is 481 g/mol. The first-order valence-corrected chi connectivity index (χ1v) is 12.4. The van der Waals surface area contributed by atoms with Gasteiger partial charge in [0.1, 0.15) is 12.3 Å². The first kappa shape index (κ1) is 26.7. The average Bonchev–Trinajstić information content (AvgIpc) is 3.61. The molecule has 2 N–H and O–H groups in total. The number of hydrogen-bond acceptors (Lipinski definition) is 5. The minimum atomic E-state index is -4.34. The van der Waals surface area contributed by atoms with Crippen LogP contribution in [-0.4, -0.2) is 55.8 Å². The molecule has 1 aliphatic carbocycles. The maximum atomic E-state index is 13.1. The zero-order valence-corrected chi connectivity index (χ0v) is 21.6. The SMILES string of the molecule is CN1CCC1.COc1ccc(C)c(C(=O)NC2(c3cc(NCC(F)(F)F)cc4nc(C)ccc34)CC2)c1. The fourth-order valence-electron chi connectivity index (χ4n) is 4.36. The van der Waals surface area contributed by atoms with Crippen LogP contribution in [-0.2, 0) is 5.54 Å². The number of ether oxygens (including phenoxy) is 1. The van der Waals surface area contributed by atoms with Crippen LogP contribution in [0.3, 0.4) is 0 Å². The highest BCUT2D eigenvalue weighted by atomic mass is 19.4. The Morgan fingerprint density at radius 1 is 1.11 bits per heavy atom. The van der Waals surface area contributed by atoms with Crippen molar-refractivity contribution < 1.29 is 22.7 Å². The van der Waals surface area contributed by atoms with Gasteiger partial charge in [0.25, 0.3) is 5.91 Å². The number of pyridine rings is 1. The van der Waals surface area contributed by atoms with E-state index < -0.39 is 18.3 Å². The van der Waals surface area contributed by atoms with Crippen molar-refractivity contribution >= 4 is 22.5 Å². The topological polar surface area (TPSA) is 66.5 Å². The summed E-state index contributed by atoms with van der Waals surface area (Å²) in [4.78, 5) is 20.0. The fourth-order valence-corrected chi connectivity index (χ4v) is 4.36. The highest BCUT2D eigenvalue weighted by molar-refractivity contribution is 5.97. The van der Waals surface area contributed by atoms with E-state index in [1.54, 1.807) is 24.3 Å². The zero-order chi connectivity index (χ0) is 26.8. The number of aryl methyl sites for hydroxylation is 2. The lowest BCUT2D eigenvalue weighted by Gasteiger charge is -2.24. The van der Waals surface area contributed by atoms with Crippen LogP contribution >= 0.6 is 0 Å². The first-order valence-electron chi connectivity index (χ1n) is 12.4. The number of amides is 1. The van der Waals surface area contributed by atoms with Crippen LogP contribution in [0.1, 0.15) is 46.4 Å². The van der Waals surface area contributed by atoms with Gasteiger partial charge < -0.3 is 20.3 Å². The van der Waals surface area contributed by atoms with Crippen molar-refractivity contribution in [1.29, 1.82) is 0 Å². The number of nitrogens with zero attached hydrogens (tertiary/aromatic N) is 2. The molecule has 5 rings (SSSR count). The van der Waals surface area contributed by atoms with Gasteiger partial charge in [-0.15, -0.1) is 0 Å². The van der Waals surface area contributed by atoms with Gasteiger partial charge in [0.15, 0.2) is 0 Å². The first-order chi connectivity index (χ1) is 17.5. The number of hydrogen-bond donors (Lipinski definition) is 2. The molecule has 0 unspecified atom stereocenters. The van der Waals surface area contributed by atoms with Gasteiger partial charge in [-0.3, -0.25) is 9.78 Å². The molecule has 9 heteroatoms. The van der Waals surface area contributed by atoms with Crippen molar-refractivity contribution in [1.82, 2.24) is 15.2 Å². The summed E-state index contributed by atoms with van der Waals surface area (Å²) in [5, 5.41) is 6.39. The van der Waals surface area contributed by atoms with Gasteiger partial charge in [-0.05, 0) is 94.7 Å². The van der Waals surface area contributed by atoms with Gasteiger partial charge in [0, 0.05) is 22.3 Å². The lowest BCUT2D eigenvalue weighted by molar-refractivity contribution is -0.115. The van der Waals surface area contributed by atoms with Crippen LogP contribution in [0.25, 0.3) is 10.9 Å². The highest BCUT2D eigenvalue weighted by Crippen LogP contribution is 2.49. The largest absolute Gasteiger partial charge is 0.497 e. The number of carbonyl (C=O) groups excluding carboxylic acids is 1. The third-order valence-electron chi connectivity index (χ3n) is 6.83. The Balaban J connectivity index is 0.000000572. The number of fused-ring (bicyclic) bond motifs is 1. The summed E-state index contributed by atoms with van der Waals surface area (Å²) >= 11 is 0. The van der Waals surface area contributed by atoms with E-state index in [2.05, 4.69) is 27.6 Å². The average molecular weight is 515 g/mol. The molecule has 6 nitrogen and oxygen atoms in total. The molecule has 0 atom stereocenters. The van der Waals surface area contributed by atoms with Crippen molar-refractivity contribution in [2.24, 2.45) is 0 Å². The number of aromatic nitrogens is 1. The minimum Gasteiger partial charge on any atom is -0.497 e. The molecule has 2 fully saturated rings. The lowest BCUT2D eigenvalue weighted by atomic mass is 9.97. The molecule has 37 heavy (non-hydrogen) atoms. The van der Waals surface area contributed by atoms with Crippen molar-refractivity contribution in [3.8, 4) is 5.75 Å². The number of alkyl halides is 3. The smallest absolute Gasteiger partial charge is 0.405 e. The van der Waals surface area contributed by atoms with Gasteiger partial charge in [0.05, 0.1) is 18.2 Å². The molecule has 1 saturated heterocycles. The Hall–Kier alpha value is -3.33. The molecule has 3 aromatic rings. The van der Waals surface area contributed by atoms with Gasteiger partial charge in [0.2, 0.25) is 0 Å². The molecule has 1 saturated carbocycles. The maximum absolute atomic E-state index is 13.1. The number of halogens is 3. The summed E-state index contributed by atoms with van der Waals surface area (Å²) in [5.74, 6) is 0.329. The fraction of sp³-hybridized carbons (Fsp3) is 0.429. The van der Waals surface area contributed by atoms with Gasteiger partial charge in [-0.1, -0.05) is 12.1 Å². The molecule has 1 aromatic heterocycles. The minimum absolute atomic E-state index is 0.249. The van der Waals surface area contributed by atoms with Crippen LogP contribution in [0, 0.1) is 13.8 Å². The second-order valence-electron chi connectivity index (χ2n) is 9.89. The number of likely N-dealkylation sites (tertiary alicyclic amines) is 1. The maximum Gasteiger partial charge on any atom is 0.405 e. The highest BCUT2D eigenvalue weighted by Gasteiger charge is 2.47. The van der Waals surface area contributed by atoms with E-state index in [4.69, 9.17) is 4.74 Å². The molecule has 198 valence electrons. The van der Waals surface area contributed by atoms with E-state index in [1.165, 1.54) is 26.6 Å². The molecule has 2 aliphatic rings. The normalized spacial score (nSPS) is 16.3. The zero-order valence-electron chi connectivity index (χ0n) is 21.6. The summed E-state index contributed by atoms with van der Waals surface area (Å²) in [6.07, 6.45) is -1.55. The van der Waals surface area contributed by atoms with Crippen LogP contribution in [0.5, 0.6) is 5.75 Å². The van der Waals surface area contributed by atoms with Crippen molar-refractivity contribution in [2.45, 2.75) is 44.8 Å². The van der Waals surface area contributed by atoms with Crippen LogP contribution in [0.4, 0.5) is 18.9 Å². The number of nitrogens with one attached hydrogen (secondary N) is 2. The van der Waals surface area contributed by atoms with Crippen molar-refractivity contribution in [3.63, 3.8) is 0 Å². The van der Waals surface area contributed by atoms with E-state index in [0.717, 1.165) is 22.2 Å². The van der Waals surface area contributed by atoms with E-state index in [9.17, 15) is 18.0 Å². The number of methoxy groups -OCH3 is 1. The Morgan fingerprint density at radius 2 is 1.81 bits per heavy atom. The molecule has 1 amide bonds. The predicted molar refractivity (Wildman–Crippen MR) is 139 cm³/mol. The number of rotatable bonds is 6. The summed E-state index contributed by atoms with van der Waals surface area (Å²) in [6.45, 7) is 5.17. The van der Waals surface area contributed by atoms with E-state index >= 15 is 0 Å². The molecule has 0 radical (unpaired) electrons. The summed E-state index contributed by atoms with van der Waals surface area (Å²) in [7, 11) is 3.68.